The van der Waals surface area contributed by atoms with Crippen LogP contribution in [0.1, 0.15) is 61.6 Å². The lowest BCUT2D eigenvalue weighted by atomic mass is 9.81. The first kappa shape index (κ1) is 21.3. The molecule has 2 atom stereocenters. The minimum atomic E-state index is -1.14. The number of rotatable bonds is 4. The molecular formula is C22H27ClFN3O3. The lowest BCUT2D eigenvalue weighted by molar-refractivity contribution is -0.130. The third-order valence-corrected chi connectivity index (χ3v) is 7.21. The molecule has 0 bridgehead atoms. The molecule has 1 aromatic carbocycles. The third kappa shape index (κ3) is 3.63. The van der Waals surface area contributed by atoms with Crippen LogP contribution in [0.4, 0.5) is 10.1 Å². The number of amides is 1. The van der Waals surface area contributed by atoms with Crippen LogP contribution in [0.3, 0.4) is 0 Å². The lowest BCUT2D eigenvalue weighted by Crippen LogP contribution is -2.48. The van der Waals surface area contributed by atoms with Crippen LogP contribution in [0, 0.1) is 17.7 Å². The summed E-state index contributed by atoms with van der Waals surface area (Å²) < 4.78 is 15.1. The standard InChI is InChI=1S/C22H27ClFN3O3/c1-21(2,29)22(30)9-13-6-12(7-14(13)10-22)18-19(27(3)11-25-18)20(28)26-15-4-5-17(24)16(23)8-15/h4-5,8,11-14,29-30H,6-7,9-10H2,1-3H3,(H,26,28). The number of aryl methyl sites for hydroxylation is 1. The van der Waals surface area contributed by atoms with Gasteiger partial charge < -0.3 is 20.1 Å². The topological polar surface area (TPSA) is 87.4 Å². The zero-order chi connectivity index (χ0) is 21.8. The Hall–Kier alpha value is -1.96. The summed E-state index contributed by atoms with van der Waals surface area (Å²) in [5.41, 5.74) is -0.585. The van der Waals surface area contributed by atoms with Crippen molar-refractivity contribution in [2.45, 2.75) is 56.7 Å². The van der Waals surface area contributed by atoms with Crippen molar-refractivity contribution < 1.29 is 19.4 Å². The highest BCUT2D eigenvalue weighted by Gasteiger charge is 2.55. The first-order chi connectivity index (χ1) is 14.0. The van der Waals surface area contributed by atoms with E-state index in [9.17, 15) is 19.4 Å². The molecule has 0 aliphatic heterocycles. The number of fused-ring (bicyclic) bond motifs is 1. The number of benzene rings is 1. The number of aromatic nitrogens is 2. The smallest absolute Gasteiger partial charge is 0.274 e. The van der Waals surface area contributed by atoms with Crippen molar-refractivity contribution in [2.75, 3.05) is 5.32 Å². The van der Waals surface area contributed by atoms with Crippen molar-refractivity contribution >= 4 is 23.2 Å². The first-order valence-corrected chi connectivity index (χ1v) is 10.6. The van der Waals surface area contributed by atoms with Gasteiger partial charge in [-0.05, 0) is 69.6 Å². The number of nitrogens with zero attached hydrogens (tertiary/aromatic N) is 2. The molecular weight excluding hydrogens is 409 g/mol. The molecule has 2 saturated carbocycles. The van der Waals surface area contributed by atoms with E-state index in [0.717, 1.165) is 18.5 Å². The molecule has 1 aromatic heterocycles. The highest BCUT2D eigenvalue weighted by molar-refractivity contribution is 6.31. The molecule has 0 spiro atoms. The summed E-state index contributed by atoms with van der Waals surface area (Å²) in [6.07, 6.45) is 4.38. The Morgan fingerprint density at radius 3 is 2.53 bits per heavy atom. The van der Waals surface area contributed by atoms with Crippen LogP contribution >= 0.6 is 11.6 Å². The molecule has 4 rings (SSSR count). The van der Waals surface area contributed by atoms with Gasteiger partial charge in [0, 0.05) is 18.7 Å². The summed E-state index contributed by atoms with van der Waals surface area (Å²) in [7, 11) is 1.77. The quantitative estimate of drug-likeness (QED) is 0.680. The van der Waals surface area contributed by atoms with Gasteiger partial charge in [0.2, 0.25) is 0 Å². The molecule has 0 radical (unpaired) electrons. The zero-order valence-electron chi connectivity index (χ0n) is 17.3. The van der Waals surface area contributed by atoms with Crippen LogP contribution in [0.15, 0.2) is 24.5 Å². The van der Waals surface area contributed by atoms with Crippen molar-refractivity contribution in [2.24, 2.45) is 18.9 Å². The normalized spacial score (nSPS) is 28.6. The highest BCUT2D eigenvalue weighted by atomic mass is 35.5. The molecule has 1 heterocycles. The minimum absolute atomic E-state index is 0.0547. The van der Waals surface area contributed by atoms with Gasteiger partial charge in [-0.2, -0.15) is 0 Å². The van der Waals surface area contributed by atoms with Crippen molar-refractivity contribution in [3.05, 3.63) is 46.8 Å². The molecule has 2 aliphatic rings. The molecule has 3 N–H and O–H groups in total. The lowest BCUT2D eigenvalue weighted by Gasteiger charge is -2.36. The Kier molecular flexibility index (Phi) is 5.19. The molecule has 0 saturated heterocycles. The van der Waals surface area contributed by atoms with E-state index in [1.165, 1.54) is 18.2 Å². The van der Waals surface area contributed by atoms with Gasteiger partial charge in [0.1, 0.15) is 11.5 Å². The van der Waals surface area contributed by atoms with Crippen molar-refractivity contribution in [1.29, 1.82) is 0 Å². The Bertz CT molecular complexity index is 970. The average molecular weight is 436 g/mol. The maximum Gasteiger partial charge on any atom is 0.274 e. The second kappa shape index (κ2) is 7.32. The van der Waals surface area contributed by atoms with Gasteiger partial charge in [0.05, 0.1) is 28.2 Å². The highest BCUT2D eigenvalue weighted by Crippen LogP contribution is 2.56. The number of aliphatic hydroxyl groups is 2. The van der Waals surface area contributed by atoms with Crippen LogP contribution in [0.25, 0.3) is 0 Å². The van der Waals surface area contributed by atoms with E-state index >= 15 is 0 Å². The van der Waals surface area contributed by atoms with Gasteiger partial charge in [0.15, 0.2) is 0 Å². The zero-order valence-corrected chi connectivity index (χ0v) is 18.1. The van der Waals surface area contributed by atoms with E-state index in [1.54, 1.807) is 31.8 Å². The largest absolute Gasteiger partial charge is 0.387 e. The SMILES string of the molecule is Cn1cnc(C2CC3CC(O)(C(C)(C)O)CC3C2)c1C(=O)Nc1ccc(F)c(Cl)c1. The number of hydrogen-bond donors (Lipinski definition) is 3. The Balaban J connectivity index is 1.51. The van der Waals surface area contributed by atoms with Gasteiger partial charge in [-0.1, -0.05) is 11.6 Å². The maximum absolute atomic E-state index is 13.4. The van der Waals surface area contributed by atoms with E-state index in [4.69, 9.17) is 11.6 Å². The molecule has 30 heavy (non-hydrogen) atoms. The minimum Gasteiger partial charge on any atom is -0.387 e. The number of carbonyl (C=O) groups excluding carboxylic acids is 1. The summed E-state index contributed by atoms with van der Waals surface area (Å²) in [6.45, 7) is 3.32. The van der Waals surface area contributed by atoms with Gasteiger partial charge in [-0.25, -0.2) is 9.37 Å². The Labute approximate surface area is 180 Å². The molecule has 2 aromatic rings. The van der Waals surface area contributed by atoms with Crippen LogP contribution in [0.2, 0.25) is 5.02 Å². The summed E-state index contributed by atoms with van der Waals surface area (Å²) in [6, 6.07) is 4.05. The average Bonchev–Trinajstić information content (AvgIpc) is 3.28. The fraction of sp³-hybridized carbons (Fsp3) is 0.545. The summed E-state index contributed by atoms with van der Waals surface area (Å²) in [4.78, 5) is 17.5. The second-order valence-electron chi connectivity index (χ2n) is 9.36. The predicted octanol–water partition coefficient (Wildman–Crippen LogP) is 3.87. The maximum atomic E-state index is 13.4. The van der Waals surface area contributed by atoms with Gasteiger partial charge in [-0.3, -0.25) is 4.79 Å². The molecule has 2 unspecified atom stereocenters. The van der Waals surface area contributed by atoms with Crippen LogP contribution < -0.4 is 5.32 Å². The Morgan fingerprint density at radius 1 is 1.33 bits per heavy atom. The monoisotopic (exact) mass is 435 g/mol. The number of anilines is 1. The van der Waals surface area contributed by atoms with Crippen molar-refractivity contribution in [1.82, 2.24) is 9.55 Å². The van der Waals surface area contributed by atoms with E-state index in [1.807, 2.05) is 0 Å². The Morgan fingerprint density at radius 2 is 1.97 bits per heavy atom. The first-order valence-electron chi connectivity index (χ1n) is 10.2. The number of halogens is 2. The molecule has 2 aliphatic carbocycles. The van der Waals surface area contributed by atoms with Gasteiger partial charge in [0.25, 0.3) is 5.91 Å². The number of carbonyl (C=O) groups is 1. The fourth-order valence-corrected chi connectivity index (χ4v) is 5.35. The van der Waals surface area contributed by atoms with E-state index in [0.29, 0.717) is 36.1 Å². The molecule has 1 amide bonds. The van der Waals surface area contributed by atoms with E-state index in [2.05, 4.69) is 10.3 Å². The van der Waals surface area contributed by atoms with Crippen LogP contribution in [-0.2, 0) is 7.05 Å². The molecule has 162 valence electrons. The van der Waals surface area contributed by atoms with Crippen molar-refractivity contribution in [3.63, 3.8) is 0 Å². The fourth-order valence-electron chi connectivity index (χ4n) is 5.17. The third-order valence-electron chi connectivity index (χ3n) is 6.92. The van der Waals surface area contributed by atoms with Crippen LogP contribution in [-0.4, -0.2) is 36.9 Å². The summed E-state index contributed by atoms with van der Waals surface area (Å²) in [5.74, 6) is -0.164. The molecule has 6 nitrogen and oxygen atoms in total. The van der Waals surface area contributed by atoms with Crippen LogP contribution in [0.5, 0.6) is 0 Å². The van der Waals surface area contributed by atoms with Gasteiger partial charge in [-0.15, -0.1) is 0 Å². The van der Waals surface area contributed by atoms with Gasteiger partial charge >= 0.3 is 0 Å². The number of hydrogen-bond acceptors (Lipinski definition) is 4. The second-order valence-corrected chi connectivity index (χ2v) is 9.77. The molecule has 8 heteroatoms. The summed E-state index contributed by atoms with van der Waals surface area (Å²) in [5, 5.41) is 24.0. The van der Waals surface area contributed by atoms with E-state index < -0.39 is 17.0 Å². The van der Waals surface area contributed by atoms with E-state index in [-0.39, 0.29) is 16.8 Å². The predicted molar refractivity (Wildman–Crippen MR) is 112 cm³/mol. The number of nitrogens with one attached hydrogen (secondary N) is 1. The van der Waals surface area contributed by atoms with Crippen molar-refractivity contribution in [3.8, 4) is 0 Å². The number of imidazole rings is 1. The molecule has 2 fully saturated rings. The summed E-state index contributed by atoms with van der Waals surface area (Å²) >= 11 is 5.82.